The first-order valence-electron chi connectivity index (χ1n) is 8.31. The fourth-order valence-electron chi connectivity index (χ4n) is 3.10. The van der Waals surface area contributed by atoms with Gasteiger partial charge in [-0.05, 0) is 30.3 Å². The van der Waals surface area contributed by atoms with Gasteiger partial charge < -0.3 is 5.73 Å². The van der Waals surface area contributed by atoms with E-state index in [0.29, 0.717) is 16.7 Å². The minimum atomic E-state index is 0.496. The molecule has 0 aliphatic carbocycles. The maximum absolute atomic E-state index is 6.19. The van der Waals surface area contributed by atoms with Gasteiger partial charge in [0.25, 0.3) is 0 Å². The topological polar surface area (TPSA) is 67.9 Å². The summed E-state index contributed by atoms with van der Waals surface area (Å²) in [4.78, 5) is 15.7. The largest absolute Gasteiger partial charge is 0.399 e. The second kappa shape index (κ2) is 7.19. The summed E-state index contributed by atoms with van der Waals surface area (Å²) in [6.07, 6.45) is 4.34. The second-order valence-electron chi connectivity index (χ2n) is 6.35. The molecule has 1 aliphatic rings. The molecule has 0 saturated carbocycles. The van der Waals surface area contributed by atoms with Gasteiger partial charge in [-0.25, -0.2) is 15.0 Å². The molecule has 132 valence electrons. The highest BCUT2D eigenvalue weighted by Crippen LogP contribution is 2.25. The van der Waals surface area contributed by atoms with Gasteiger partial charge in [0.1, 0.15) is 5.15 Å². The van der Waals surface area contributed by atoms with Crippen LogP contribution in [-0.4, -0.2) is 26.4 Å². The van der Waals surface area contributed by atoms with Gasteiger partial charge in [-0.15, -0.1) is 0 Å². The van der Waals surface area contributed by atoms with Crippen LogP contribution < -0.4 is 5.73 Å². The molecule has 2 N–H and O–H groups in total. The molecule has 4 rings (SSSR count). The van der Waals surface area contributed by atoms with Crippen LogP contribution in [0, 0.1) is 0 Å². The number of hydrogen-bond donors (Lipinski definition) is 1. The normalized spacial score (nSPS) is 14.2. The number of nitrogens with two attached hydrogens (primary N) is 1. The summed E-state index contributed by atoms with van der Waals surface area (Å²) in [5.41, 5.74) is 10.6. The Morgan fingerprint density at radius 1 is 1.08 bits per heavy atom. The van der Waals surface area contributed by atoms with E-state index in [4.69, 9.17) is 33.9 Å². The van der Waals surface area contributed by atoms with Crippen molar-refractivity contribution in [2.45, 2.75) is 19.5 Å². The van der Waals surface area contributed by atoms with Crippen LogP contribution in [0.3, 0.4) is 0 Å². The Labute approximate surface area is 161 Å². The molecule has 5 nitrogen and oxygen atoms in total. The van der Waals surface area contributed by atoms with Crippen molar-refractivity contribution in [1.82, 2.24) is 19.9 Å². The van der Waals surface area contributed by atoms with Crippen molar-refractivity contribution in [3.8, 4) is 11.4 Å². The molecule has 7 heteroatoms. The van der Waals surface area contributed by atoms with Crippen LogP contribution in [0.25, 0.3) is 11.4 Å². The first kappa shape index (κ1) is 17.2. The van der Waals surface area contributed by atoms with Gasteiger partial charge in [0.2, 0.25) is 0 Å². The van der Waals surface area contributed by atoms with Crippen molar-refractivity contribution >= 4 is 28.9 Å². The van der Waals surface area contributed by atoms with E-state index in [0.717, 1.165) is 53.4 Å². The third-order valence-corrected chi connectivity index (χ3v) is 5.00. The Balaban J connectivity index is 1.52. The minimum Gasteiger partial charge on any atom is -0.399 e. The summed E-state index contributed by atoms with van der Waals surface area (Å²) in [6, 6.07) is 9.49. The summed E-state index contributed by atoms with van der Waals surface area (Å²) >= 11 is 12.2. The second-order valence-corrected chi connectivity index (χ2v) is 7.15. The van der Waals surface area contributed by atoms with Crippen molar-refractivity contribution in [3.63, 3.8) is 0 Å². The molecule has 0 atom stereocenters. The number of aromatic nitrogens is 3. The van der Waals surface area contributed by atoms with Gasteiger partial charge in [-0.3, -0.25) is 4.90 Å². The Morgan fingerprint density at radius 3 is 2.69 bits per heavy atom. The van der Waals surface area contributed by atoms with Crippen LogP contribution in [0.2, 0.25) is 10.2 Å². The van der Waals surface area contributed by atoms with Gasteiger partial charge in [0.15, 0.2) is 5.82 Å². The molecule has 3 heterocycles. The zero-order valence-corrected chi connectivity index (χ0v) is 15.5. The lowest BCUT2D eigenvalue weighted by atomic mass is 10.1. The number of nitrogen functional groups attached to an aromatic ring is 1. The van der Waals surface area contributed by atoms with Crippen LogP contribution in [-0.2, 0) is 19.5 Å². The van der Waals surface area contributed by atoms with Crippen molar-refractivity contribution in [1.29, 1.82) is 0 Å². The zero-order valence-electron chi connectivity index (χ0n) is 14.0. The molecular weight excluding hydrogens is 369 g/mol. The van der Waals surface area contributed by atoms with E-state index >= 15 is 0 Å². The molecule has 0 amide bonds. The molecule has 0 spiro atoms. The average Bonchev–Trinajstić information content (AvgIpc) is 2.65. The smallest absolute Gasteiger partial charge is 0.159 e. The molecule has 1 aromatic carbocycles. The van der Waals surface area contributed by atoms with E-state index < -0.39 is 0 Å². The number of halogens is 2. The molecule has 1 aliphatic heterocycles. The predicted octanol–water partition coefficient (Wildman–Crippen LogP) is 3.99. The fraction of sp³-hybridized carbons (Fsp3) is 0.211. The van der Waals surface area contributed by atoms with Gasteiger partial charge in [0.05, 0.1) is 10.7 Å². The Morgan fingerprint density at radius 2 is 1.88 bits per heavy atom. The third kappa shape index (κ3) is 3.65. The summed E-state index contributed by atoms with van der Waals surface area (Å²) in [7, 11) is 0. The van der Waals surface area contributed by atoms with Crippen LogP contribution in [0.4, 0.5) is 5.69 Å². The summed E-state index contributed by atoms with van der Waals surface area (Å²) in [5.74, 6) is 0.735. The van der Waals surface area contributed by atoms with Crippen LogP contribution in [0.15, 0.2) is 42.7 Å². The van der Waals surface area contributed by atoms with Crippen LogP contribution in [0.1, 0.15) is 16.8 Å². The van der Waals surface area contributed by atoms with Crippen LogP contribution in [0.5, 0.6) is 0 Å². The highest BCUT2D eigenvalue weighted by atomic mass is 35.5. The lowest BCUT2D eigenvalue weighted by Crippen LogP contribution is -2.31. The van der Waals surface area contributed by atoms with Gasteiger partial charge >= 0.3 is 0 Å². The molecule has 26 heavy (non-hydrogen) atoms. The van der Waals surface area contributed by atoms with Gasteiger partial charge in [-0.1, -0.05) is 23.2 Å². The monoisotopic (exact) mass is 385 g/mol. The van der Waals surface area contributed by atoms with Crippen LogP contribution >= 0.6 is 23.2 Å². The molecule has 0 bridgehead atoms. The number of hydrogen-bond acceptors (Lipinski definition) is 5. The van der Waals surface area contributed by atoms with E-state index in [1.807, 2.05) is 36.5 Å². The highest BCUT2D eigenvalue weighted by molar-refractivity contribution is 6.32. The molecule has 0 radical (unpaired) electrons. The Bertz CT molecular complexity index is 943. The summed E-state index contributed by atoms with van der Waals surface area (Å²) in [6.45, 7) is 2.37. The molecule has 3 aromatic rings. The van der Waals surface area contributed by atoms with Gasteiger partial charge in [0, 0.05) is 60.8 Å². The van der Waals surface area contributed by atoms with E-state index in [1.165, 1.54) is 0 Å². The molecule has 2 aromatic heterocycles. The maximum Gasteiger partial charge on any atom is 0.159 e. The SMILES string of the molecule is Nc1ccc(-c2ncc3c(n2)CCN(Cc2cc(Cl)cnc2Cl)C3)cc1. The standard InChI is InChI=1S/C19H17Cl2N5/c20-15-7-13(18(21)23-9-15)10-26-6-5-17-14(11-26)8-24-19(25-17)12-1-3-16(22)4-2-12/h1-4,7-9H,5-6,10-11,22H2. The summed E-state index contributed by atoms with van der Waals surface area (Å²) < 4.78 is 0. The molecule has 0 saturated heterocycles. The van der Waals surface area contributed by atoms with Crippen molar-refractivity contribution in [2.75, 3.05) is 12.3 Å². The number of rotatable bonds is 3. The predicted molar refractivity (Wildman–Crippen MR) is 104 cm³/mol. The molecule has 0 fully saturated rings. The maximum atomic E-state index is 6.19. The lowest BCUT2D eigenvalue weighted by molar-refractivity contribution is 0.243. The first-order valence-corrected chi connectivity index (χ1v) is 9.07. The van der Waals surface area contributed by atoms with Crippen molar-refractivity contribution in [3.05, 3.63) is 69.7 Å². The zero-order chi connectivity index (χ0) is 18.1. The minimum absolute atomic E-state index is 0.496. The van der Waals surface area contributed by atoms with E-state index in [9.17, 15) is 0 Å². The number of nitrogens with zero attached hydrogens (tertiary/aromatic N) is 4. The number of anilines is 1. The van der Waals surface area contributed by atoms with E-state index in [1.54, 1.807) is 6.20 Å². The number of benzene rings is 1. The molecular formula is C19H17Cl2N5. The molecule has 0 unspecified atom stereocenters. The Kier molecular flexibility index (Phi) is 4.76. The summed E-state index contributed by atoms with van der Waals surface area (Å²) in [5, 5.41) is 1.09. The fourth-order valence-corrected chi connectivity index (χ4v) is 3.44. The average molecular weight is 386 g/mol. The van der Waals surface area contributed by atoms with Gasteiger partial charge in [-0.2, -0.15) is 0 Å². The highest BCUT2D eigenvalue weighted by Gasteiger charge is 2.20. The van der Waals surface area contributed by atoms with Crippen molar-refractivity contribution < 1.29 is 0 Å². The first-order chi connectivity index (χ1) is 12.6. The van der Waals surface area contributed by atoms with E-state index in [2.05, 4.69) is 14.9 Å². The number of pyridine rings is 1. The lowest BCUT2D eigenvalue weighted by Gasteiger charge is -2.28. The van der Waals surface area contributed by atoms with Crippen molar-refractivity contribution in [2.24, 2.45) is 0 Å². The number of fused-ring (bicyclic) bond motifs is 1. The third-order valence-electron chi connectivity index (χ3n) is 4.45. The van der Waals surface area contributed by atoms with E-state index in [-0.39, 0.29) is 0 Å². The Hall–Kier alpha value is -2.21. The quantitative estimate of drug-likeness (QED) is 0.545.